The number of rotatable bonds is 1. The molecule has 0 atom stereocenters. The van der Waals surface area contributed by atoms with Crippen molar-refractivity contribution in [3.8, 4) is 0 Å². The van der Waals surface area contributed by atoms with Crippen LogP contribution in [0.25, 0.3) is 0 Å². The van der Waals surface area contributed by atoms with Gasteiger partial charge in [-0.15, -0.1) is 12.4 Å². The van der Waals surface area contributed by atoms with E-state index in [0.717, 1.165) is 0 Å². The minimum absolute atomic E-state index is 0. The zero-order chi connectivity index (χ0) is 8.60. The smallest absolute Gasteiger partial charge is 0.0884 e. The van der Waals surface area contributed by atoms with Gasteiger partial charge in [0.2, 0.25) is 0 Å². The molecule has 1 aromatic rings. The molecular weight excluding hydrogens is 300 g/mol. The lowest BCUT2D eigenvalue weighted by Gasteiger charge is -2.38. The molecule has 0 aromatic heterocycles. The van der Waals surface area contributed by atoms with Crippen LogP contribution >= 0.6 is 35.0 Å². The van der Waals surface area contributed by atoms with Gasteiger partial charge in [-0.25, -0.2) is 0 Å². The number of halogens is 2. The first kappa shape index (κ1) is 11.2. The molecule has 0 bridgehead atoms. The van der Waals surface area contributed by atoms with Gasteiger partial charge >= 0.3 is 0 Å². The molecule has 1 aliphatic rings. The standard InChI is InChI=1S/C9H10INO.ClH/c10-8-3-1-2-7(4-8)9(11)5-12-6-9;/h1-4H,5-6,11H2;1H. The van der Waals surface area contributed by atoms with Crippen molar-refractivity contribution in [2.75, 3.05) is 13.2 Å². The first-order valence-corrected chi connectivity index (χ1v) is 4.91. The molecule has 72 valence electrons. The van der Waals surface area contributed by atoms with E-state index in [2.05, 4.69) is 40.8 Å². The second-order valence-corrected chi connectivity index (χ2v) is 4.40. The summed E-state index contributed by atoms with van der Waals surface area (Å²) in [6.07, 6.45) is 0. The van der Waals surface area contributed by atoms with E-state index in [-0.39, 0.29) is 17.9 Å². The third kappa shape index (κ3) is 2.15. The molecule has 2 N–H and O–H groups in total. The maximum absolute atomic E-state index is 6.06. The van der Waals surface area contributed by atoms with Gasteiger partial charge in [-0.3, -0.25) is 0 Å². The Labute approximate surface area is 97.4 Å². The second-order valence-electron chi connectivity index (χ2n) is 3.16. The molecule has 1 aliphatic heterocycles. The summed E-state index contributed by atoms with van der Waals surface area (Å²) in [7, 11) is 0. The number of nitrogens with two attached hydrogens (primary N) is 1. The van der Waals surface area contributed by atoms with Gasteiger partial charge in [0.25, 0.3) is 0 Å². The third-order valence-corrected chi connectivity index (χ3v) is 2.79. The summed E-state index contributed by atoms with van der Waals surface area (Å²) in [6, 6.07) is 8.27. The fourth-order valence-electron chi connectivity index (χ4n) is 1.29. The van der Waals surface area contributed by atoms with Crippen LogP contribution in [0.1, 0.15) is 5.56 Å². The molecule has 1 aromatic carbocycles. The van der Waals surface area contributed by atoms with E-state index >= 15 is 0 Å². The fraction of sp³-hybridized carbons (Fsp3) is 0.333. The largest absolute Gasteiger partial charge is 0.377 e. The number of hydrogen-bond donors (Lipinski definition) is 1. The van der Waals surface area contributed by atoms with E-state index in [1.54, 1.807) is 0 Å². The Bertz CT molecular complexity index is 301. The molecule has 0 amide bonds. The van der Waals surface area contributed by atoms with Crippen LogP contribution in [0, 0.1) is 3.57 Å². The monoisotopic (exact) mass is 311 g/mol. The summed E-state index contributed by atoms with van der Waals surface area (Å²) in [5.41, 5.74) is 7.02. The van der Waals surface area contributed by atoms with Crippen LogP contribution in [0.2, 0.25) is 0 Å². The SMILES string of the molecule is Cl.NC1(c2cccc(I)c2)COC1. The predicted molar refractivity (Wildman–Crippen MR) is 63.1 cm³/mol. The van der Waals surface area contributed by atoms with E-state index in [1.807, 2.05) is 6.07 Å². The molecule has 0 radical (unpaired) electrons. The minimum atomic E-state index is -0.221. The number of benzene rings is 1. The average Bonchev–Trinajstić information content (AvgIpc) is 2.00. The molecule has 2 rings (SSSR count). The van der Waals surface area contributed by atoms with E-state index in [4.69, 9.17) is 10.5 Å². The molecule has 1 fully saturated rings. The maximum atomic E-state index is 6.06. The van der Waals surface area contributed by atoms with Crippen LogP contribution in [0.15, 0.2) is 24.3 Å². The van der Waals surface area contributed by atoms with E-state index < -0.39 is 0 Å². The highest BCUT2D eigenvalue weighted by atomic mass is 127. The van der Waals surface area contributed by atoms with E-state index in [1.165, 1.54) is 9.13 Å². The Hall–Kier alpha value is 0.160. The van der Waals surface area contributed by atoms with Crippen LogP contribution in [0.5, 0.6) is 0 Å². The van der Waals surface area contributed by atoms with Gasteiger partial charge in [-0.1, -0.05) is 12.1 Å². The minimum Gasteiger partial charge on any atom is -0.377 e. The fourth-order valence-corrected chi connectivity index (χ4v) is 1.83. The zero-order valence-corrected chi connectivity index (χ0v) is 9.97. The average molecular weight is 312 g/mol. The van der Waals surface area contributed by atoms with Gasteiger partial charge in [-0.2, -0.15) is 0 Å². The van der Waals surface area contributed by atoms with Gasteiger partial charge in [0.05, 0.1) is 18.8 Å². The molecule has 0 saturated carbocycles. The Morgan fingerprint density at radius 1 is 1.38 bits per heavy atom. The van der Waals surface area contributed by atoms with Gasteiger partial charge in [0.15, 0.2) is 0 Å². The predicted octanol–water partition coefficient (Wildman–Crippen LogP) is 1.90. The van der Waals surface area contributed by atoms with Crippen molar-refractivity contribution in [2.24, 2.45) is 5.73 Å². The lowest BCUT2D eigenvalue weighted by atomic mass is 9.89. The summed E-state index contributed by atoms with van der Waals surface area (Å²) < 4.78 is 6.33. The van der Waals surface area contributed by atoms with Gasteiger partial charge in [0.1, 0.15) is 0 Å². The Morgan fingerprint density at radius 3 is 2.54 bits per heavy atom. The van der Waals surface area contributed by atoms with Crippen LogP contribution in [-0.4, -0.2) is 13.2 Å². The first-order valence-electron chi connectivity index (χ1n) is 3.83. The van der Waals surface area contributed by atoms with Crippen molar-refractivity contribution in [3.63, 3.8) is 0 Å². The lowest BCUT2D eigenvalue weighted by Crippen LogP contribution is -2.54. The Kier molecular flexibility index (Phi) is 3.57. The molecule has 13 heavy (non-hydrogen) atoms. The number of ether oxygens (including phenoxy) is 1. The summed E-state index contributed by atoms with van der Waals surface area (Å²) in [4.78, 5) is 0. The quantitative estimate of drug-likeness (QED) is 0.804. The molecule has 0 spiro atoms. The summed E-state index contributed by atoms with van der Waals surface area (Å²) in [5, 5.41) is 0. The van der Waals surface area contributed by atoms with Gasteiger partial charge in [0, 0.05) is 3.57 Å². The number of hydrogen-bond acceptors (Lipinski definition) is 2. The van der Waals surface area contributed by atoms with Crippen LogP contribution in [-0.2, 0) is 10.3 Å². The third-order valence-electron chi connectivity index (χ3n) is 2.12. The first-order chi connectivity index (χ1) is 5.71. The summed E-state index contributed by atoms with van der Waals surface area (Å²) >= 11 is 2.29. The zero-order valence-electron chi connectivity index (χ0n) is 7.00. The van der Waals surface area contributed by atoms with Crippen molar-refractivity contribution in [1.29, 1.82) is 0 Å². The summed E-state index contributed by atoms with van der Waals surface area (Å²) in [5.74, 6) is 0. The van der Waals surface area contributed by atoms with Gasteiger partial charge < -0.3 is 10.5 Å². The molecule has 0 unspecified atom stereocenters. The molecule has 1 heterocycles. The van der Waals surface area contributed by atoms with Crippen molar-refractivity contribution >= 4 is 35.0 Å². The highest BCUT2D eigenvalue weighted by Crippen LogP contribution is 2.27. The van der Waals surface area contributed by atoms with Crippen molar-refractivity contribution in [3.05, 3.63) is 33.4 Å². The Morgan fingerprint density at radius 2 is 2.08 bits per heavy atom. The Balaban J connectivity index is 0.000000845. The topological polar surface area (TPSA) is 35.2 Å². The van der Waals surface area contributed by atoms with Crippen LogP contribution in [0.3, 0.4) is 0 Å². The van der Waals surface area contributed by atoms with Crippen molar-refractivity contribution < 1.29 is 4.74 Å². The summed E-state index contributed by atoms with van der Waals surface area (Å²) in [6.45, 7) is 1.29. The highest BCUT2D eigenvalue weighted by molar-refractivity contribution is 14.1. The normalized spacial score (nSPS) is 18.6. The van der Waals surface area contributed by atoms with Crippen LogP contribution < -0.4 is 5.73 Å². The van der Waals surface area contributed by atoms with Crippen LogP contribution in [0.4, 0.5) is 0 Å². The highest BCUT2D eigenvalue weighted by Gasteiger charge is 2.35. The molecule has 1 saturated heterocycles. The van der Waals surface area contributed by atoms with Crippen molar-refractivity contribution in [1.82, 2.24) is 0 Å². The maximum Gasteiger partial charge on any atom is 0.0884 e. The molecule has 0 aliphatic carbocycles. The van der Waals surface area contributed by atoms with Crippen molar-refractivity contribution in [2.45, 2.75) is 5.54 Å². The van der Waals surface area contributed by atoms with Gasteiger partial charge in [-0.05, 0) is 40.3 Å². The molecule has 4 heteroatoms. The second kappa shape index (κ2) is 4.13. The lowest BCUT2D eigenvalue weighted by molar-refractivity contribution is -0.0569. The molecular formula is C9H11ClINO. The van der Waals surface area contributed by atoms with E-state index in [9.17, 15) is 0 Å². The molecule has 2 nitrogen and oxygen atoms in total. The van der Waals surface area contributed by atoms with E-state index in [0.29, 0.717) is 13.2 Å².